The van der Waals surface area contributed by atoms with E-state index in [0.29, 0.717) is 38.7 Å². The van der Waals surface area contributed by atoms with Crippen LogP contribution in [0, 0.1) is 0 Å². The van der Waals surface area contributed by atoms with E-state index >= 15 is 0 Å². The number of carbonyl (C=O) groups is 1. The number of thioether (sulfide) groups is 1. The molecule has 2 heterocycles. The van der Waals surface area contributed by atoms with Crippen LogP contribution in [0.4, 0.5) is 0 Å². The third-order valence-corrected chi connectivity index (χ3v) is 8.37. The molecule has 3 aromatic carbocycles. The zero-order valence-electron chi connectivity index (χ0n) is 23.5. The van der Waals surface area contributed by atoms with E-state index in [-0.39, 0.29) is 12.2 Å². The Labute approximate surface area is 252 Å². The lowest BCUT2D eigenvalue weighted by atomic mass is 9.93. The minimum Gasteiger partial charge on any atom is -0.493 e. The van der Waals surface area contributed by atoms with Crippen LogP contribution in [0.25, 0.3) is 11.8 Å². The largest absolute Gasteiger partial charge is 0.493 e. The van der Waals surface area contributed by atoms with Gasteiger partial charge in [0, 0.05) is 10.5 Å². The van der Waals surface area contributed by atoms with Gasteiger partial charge in [0.25, 0.3) is 5.56 Å². The van der Waals surface area contributed by atoms with E-state index in [1.807, 2.05) is 73.0 Å². The highest BCUT2D eigenvalue weighted by Gasteiger charge is 2.35. The van der Waals surface area contributed by atoms with Gasteiger partial charge in [0.15, 0.2) is 16.3 Å². The fourth-order valence-corrected chi connectivity index (χ4v) is 6.14. The van der Waals surface area contributed by atoms with Gasteiger partial charge in [-0.2, -0.15) is 0 Å². The molecular weight excluding hydrogens is 569 g/mol. The second-order valence-corrected chi connectivity index (χ2v) is 11.1. The number of carbonyl (C=O) groups excluding carboxylic acids is 1. The molecule has 9 heteroatoms. The third-order valence-electron chi connectivity index (χ3n) is 6.65. The Balaban J connectivity index is 1.75. The summed E-state index contributed by atoms with van der Waals surface area (Å²) in [6.07, 6.45) is 5.46. The van der Waals surface area contributed by atoms with Gasteiger partial charge in [-0.1, -0.05) is 72.5 Å². The SMILES string of the molecule is C=CCOc1ccc(/C=c2\sc3n(c2=O)[C@@H](c2ccc(SC)cc2)C(C(=O)OCC)=C(c2ccccc2)N=3)cc1OC. The summed E-state index contributed by atoms with van der Waals surface area (Å²) in [4.78, 5) is 34.1. The van der Waals surface area contributed by atoms with Gasteiger partial charge in [0.2, 0.25) is 0 Å². The first-order valence-electron chi connectivity index (χ1n) is 13.3. The van der Waals surface area contributed by atoms with Crippen molar-refractivity contribution in [1.82, 2.24) is 4.57 Å². The summed E-state index contributed by atoms with van der Waals surface area (Å²) >= 11 is 2.89. The van der Waals surface area contributed by atoms with Crippen LogP contribution >= 0.6 is 23.1 Å². The van der Waals surface area contributed by atoms with E-state index in [1.165, 1.54) is 11.3 Å². The quantitative estimate of drug-likeness (QED) is 0.141. The molecule has 1 aromatic heterocycles. The lowest BCUT2D eigenvalue weighted by molar-refractivity contribution is -0.138. The van der Waals surface area contributed by atoms with E-state index in [4.69, 9.17) is 19.2 Å². The van der Waals surface area contributed by atoms with E-state index < -0.39 is 12.0 Å². The lowest BCUT2D eigenvalue weighted by Gasteiger charge is -2.26. The maximum atomic E-state index is 14.1. The first-order valence-corrected chi connectivity index (χ1v) is 15.4. The van der Waals surface area contributed by atoms with E-state index in [1.54, 1.807) is 48.6 Å². The molecule has 0 saturated heterocycles. The fraction of sp³-hybridized carbons (Fsp3) is 0.182. The Bertz CT molecular complexity index is 1820. The van der Waals surface area contributed by atoms with Crippen molar-refractivity contribution in [2.75, 3.05) is 26.6 Å². The summed E-state index contributed by atoms with van der Waals surface area (Å²) in [7, 11) is 1.57. The molecule has 214 valence electrons. The Morgan fingerprint density at radius 3 is 2.52 bits per heavy atom. The number of hydrogen-bond donors (Lipinski definition) is 0. The molecule has 0 spiro atoms. The molecule has 0 bridgehead atoms. The highest BCUT2D eigenvalue weighted by Crippen LogP contribution is 2.36. The maximum absolute atomic E-state index is 14.1. The molecule has 1 aliphatic rings. The molecule has 7 nitrogen and oxygen atoms in total. The average molecular weight is 599 g/mol. The van der Waals surface area contributed by atoms with Gasteiger partial charge in [-0.15, -0.1) is 11.8 Å². The van der Waals surface area contributed by atoms with Crippen LogP contribution in [-0.2, 0) is 9.53 Å². The number of nitrogens with zero attached hydrogens (tertiary/aromatic N) is 2. The van der Waals surface area contributed by atoms with Crippen LogP contribution < -0.4 is 24.4 Å². The normalized spacial score (nSPS) is 14.6. The Morgan fingerprint density at radius 1 is 1.10 bits per heavy atom. The first-order chi connectivity index (χ1) is 20.5. The molecule has 0 amide bonds. The predicted octanol–water partition coefficient (Wildman–Crippen LogP) is 5.23. The number of esters is 1. The number of thiazole rings is 1. The van der Waals surface area contributed by atoms with Gasteiger partial charge in [0.1, 0.15) is 6.61 Å². The number of hydrogen-bond acceptors (Lipinski definition) is 8. The van der Waals surface area contributed by atoms with Crippen LogP contribution in [0.3, 0.4) is 0 Å². The summed E-state index contributed by atoms with van der Waals surface area (Å²) in [5.41, 5.74) is 2.88. The number of fused-ring (bicyclic) bond motifs is 1. The number of methoxy groups -OCH3 is 1. The van der Waals surface area contributed by atoms with Gasteiger partial charge >= 0.3 is 5.97 Å². The van der Waals surface area contributed by atoms with E-state index in [2.05, 4.69) is 6.58 Å². The number of rotatable bonds is 10. The van der Waals surface area contributed by atoms with Crippen molar-refractivity contribution in [2.45, 2.75) is 17.9 Å². The van der Waals surface area contributed by atoms with Gasteiger partial charge in [0.05, 0.1) is 35.6 Å². The Kier molecular flexibility index (Phi) is 9.09. The van der Waals surface area contributed by atoms with Crippen molar-refractivity contribution >= 4 is 40.8 Å². The van der Waals surface area contributed by atoms with Crippen LogP contribution in [-0.4, -0.2) is 37.1 Å². The molecule has 0 unspecified atom stereocenters. The fourth-order valence-electron chi connectivity index (χ4n) is 4.74. The van der Waals surface area contributed by atoms with Crippen LogP contribution in [0.1, 0.15) is 29.7 Å². The zero-order valence-corrected chi connectivity index (χ0v) is 25.2. The minimum absolute atomic E-state index is 0.196. The van der Waals surface area contributed by atoms with Crippen LogP contribution in [0.5, 0.6) is 11.5 Å². The lowest BCUT2D eigenvalue weighted by Crippen LogP contribution is -2.40. The number of aromatic nitrogens is 1. The zero-order chi connectivity index (χ0) is 29.6. The Hall–Kier alpha value is -4.34. The van der Waals surface area contributed by atoms with Crippen molar-refractivity contribution in [3.8, 4) is 11.5 Å². The molecular formula is C33H30N2O5S2. The molecule has 0 saturated carbocycles. The summed E-state index contributed by atoms with van der Waals surface area (Å²) in [5, 5.41) is 0. The third kappa shape index (κ3) is 5.84. The molecule has 5 rings (SSSR count). The number of ether oxygens (including phenoxy) is 3. The van der Waals surface area contributed by atoms with Crippen molar-refractivity contribution in [2.24, 2.45) is 4.99 Å². The topological polar surface area (TPSA) is 79.1 Å². The predicted molar refractivity (Wildman–Crippen MR) is 168 cm³/mol. The smallest absolute Gasteiger partial charge is 0.338 e. The summed E-state index contributed by atoms with van der Waals surface area (Å²) in [5.74, 6) is 0.616. The first kappa shape index (κ1) is 29.2. The highest BCUT2D eigenvalue weighted by atomic mass is 32.2. The van der Waals surface area contributed by atoms with Crippen molar-refractivity contribution < 1.29 is 19.0 Å². The molecule has 0 fully saturated rings. The van der Waals surface area contributed by atoms with E-state index in [9.17, 15) is 9.59 Å². The molecule has 1 aliphatic heterocycles. The van der Waals surface area contributed by atoms with Crippen molar-refractivity contribution in [3.63, 3.8) is 0 Å². The highest BCUT2D eigenvalue weighted by molar-refractivity contribution is 7.98. The number of benzene rings is 3. The van der Waals surface area contributed by atoms with E-state index in [0.717, 1.165) is 21.6 Å². The van der Waals surface area contributed by atoms with Gasteiger partial charge < -0.3 is 14.2 Å². The molecule has 4 aromatic rings. The van der Waals surface area contributed by atoms with Crippen LogP contribution in [0.15, 0.2) is 106 Å². The van der Waals surface area contributed by atoms with Gasteiger partial charge in [-0.25, -0.2) is 9.79 Å². The molecule has 0 aliphatic carbocycles. The summed E-state index contributed by atoms with van der Waals surface area (Å²) in [6.45, 7) is 5.99. The molecule has 1 atom stereocenters. The standard InChI is InChI=1S/C33H30N2O5S2/c1-5-18-40-25-17-12-21(19-26(25)38-3)20-27-31(36)35-30(23-13-15-24(41-4)16-14-23)28(32(37)39-6-2)29(34-33(35)42-27)22-10-8-7-9-11-22/h5,7-17,19-20,30H,1,6,18H2,2-4H3/b27-20-/t30-/m0/s1. The van der Waals surface area contributed by atoms with Crippen molar-refractivity contribution in [3.05, 3.63) is 127 Å². The second kappa shape index (κ2) is 13.1. The molecule has 0 N–H and O–H groups in total. The maximum Gasteiger partial charge on any atom is 0.338 e. The average Bonchev–Trinajstić information content (AvgIpc) is 3.34. The summed E-state index contributed by atoms with van der Waals surface area (Å²) in [6, 6.07) is 22.1. The monoisotopic (exact) mass is 598 g/mol. The Morgan fingerprint density at radius 2 is 1.86 bits per heavy atom. The van der Waals surface area contributed by atoms with Crippen LogP contribution in [0.2, 0.25) is 0 Å². The molecule has 42 heavy (non-hydrogen) atoms. The van der Waals surface area contributed by atoms with Crippen molar-refractivity contribution in [1.29, 1.82) is 0 Å². The second-order valence-electron chi connectivity index (χ2n) is 9.21. The molecule has 0 radical (unpaired) electrons. The summed E-state index contributed by atoms with van der Waals surface area (Å²) < 4.78 is 18.8. The minimum atomic E-state index is -0.724. The van der Waals surface area contributed by atoms with Gasteiger partial charge in [-0.05, 0) is 54.6 Å². The van der Waals surface area contributed by atoms with Gasteiger partial charge in [-0.3, -0.25) is 9.36 Å².